The van der Waals surface area contributed by atoms with E-state index in [1.165, 1.54) is 16.9 Å². The molecular formula is C12H13NS. The van der Waals surface area contributed by atoms with Crippen LogP contribution >= 0.6 is 11.3 Å². The molecule has 2 rings (SSSR count). The number of rotatable bonds is 2. The van der Waals surface area contributed by atoms with Gasteiger partial charge in [0.2, 0.25) is 0 Å². The highest BCUT2D eigenvalue weighted by molar-refractivity contribution is 7.08. The third-order valence-electron chi connectivity index (χ3n) is 2.31. The van der Waals surface area contributed by atoms with Gasteiger partial charge in [-0.1, -0.05) is 17.7 Å². The summed E-state index contributed by atoms with van der Waals surface area (Å²) in [4.78, 5) is 2.19. The van der Waals surface area contributed by atoms with E-state index < -0.39 is 0 Å². The molecule has 0 aliphatic carbocycles. The van der Waals surface area contributed by atoms with Gasteiger partial charge in [-0.25, -0.2) is 0 Å². The first-order chi connectivity index (χ1) is 6.77. The molecule has 0 saturated heterocycles. The minimum atomic E-state index is 1.23. The Bertz CT molecular complexity index is 389. The van der Waals surface area contributed by atoms with E-state index >= 15 is 0 Å². The van der Waals surface area contributed by atoms with Crippen LogP contribution in [-0.4, -0.2) is 7.05 Å². The highest BCUT2D eigenvalue weighted by atomic mass is 32.1. The fraction of sp³-hybridized carbons (Fsp3) is 0.167. The van der Waals surface area contributed by atoms with Crippen LogP contribution in [0.5, 0.6) is 0 Å². The molecule has 0 N–H and O–H groups in total. The van der Waals surface area contributed by atoms with Crippen LogP contribution in [-0.2, 0) is 0 Å². The summed E-state index contributed by atoms with van der Waals surface area (Å²) >= 11 is 1.72. The van der Waals surface area contributed by atoms with Gasteiger partial charge in [0.15, 0.2) is 0 Å². The van der Waals surface area contributed by atoms with Gasteiger partial charge in [-0.2, -0.15) is 11.3 Å². The number of aryl methyl sites for hydroxylation is 1. The molecule has 1 nitrogen and oxygen atoms in total. The lowest BCUT2D eigenvalue weighted by molar-refractivity contribution is 1.21. The summed E-state index contributed by atoms with van der Waals surface area (Å²) in [5.74, 6) is 0. The van der Waals surface area contributed by atoms with E-state index in [9.17, 15) is 0 Å². The maximum Gasteiger partial charge on any atom is 0.0516 e. The molecule has 0 unspecified atom stereocenters. The van der Waals surface area contributed by atoms with Gasteiger partial charge >= 0.3 is 0 Å². The Kier molecular flexibility index (Phi) is 2.55. The number of anilines is 2. The largest absolute Gasteiger partial charge is 0.344 e. The lowest BCUT2D eigenvalue weighted by Gasteiger charge is -2.17. The minimum absolute atomic E-state index is 1.23. The number of benzene rings is 1. The second kappa shape index (κ2) is 3.84. The van der Waals surface area contributed by atoms with Crippen molar-refractivity contribution < 1.29 is 0 Å². The molecule has 72 valence electrons. The van der Waals surface area contributed by atoms with Crippen molar-refractivity contribution in [3.63, 3.8) is 0 Å². The Morgan fingerprint density at radius 3 is 2.29 bits per heavy atom. The van der Waals surface area contributed by atoms with Gasteiger partial charge in [-0.3, -0.25) is 0 Å². The summed E-state index contributed by atoms with van der Waals surface area (Å²) < 4.78 is 0. The van der Waals surface area contributed by atoms with Gasteiger partial charge in [-0.15, -0.1) is 0 Å². The van der Waals surface area contributed by atoms with E-state index in [1.807, 2.05) is 0 Å². The first kappa shape index (κ1) is 9.28. The number of hydrogen-bond acceptors (Lipinski definition) is 2. The monoisotopic (exact) mass is 203 g/mol. The molecule has 1 heterocycles. The summed E-state index contributed by atoms with van der Waals surface area (Å²) in [6.45, 7) is 2.11. The molecule has 0 atom stereocenters. The molecular weight excluding hydrogens is 190 g/mol. The second-order valence-electron chi connectivity index (χ2n) is 3.38. The minimum Gasteiger partial charge on any atom is -0.344 e. The molecule has 1 aromatic heterocycles. The molecule has 0 radical (unpaired) electrons. The summed E-state index contributed by atoms with van der Waals surface area (Å²) in [7, 11) is 2.09. The van der Waals surface area contributed by atoms with Gasteiger partial charge < -0.3 is 4.90 Å². The smallest absolute Gasteiger partial charge is 0.0516 e. The average Bonchev–Trinajstić information content (AvgIpc) is 2.71. The van der Waals surface area contributed by atoms with Gasteiger partial charge in [-0.05, 0) is 30.5 Å². The van der Waals surface area contributed by atoms with Crippen LogP contribution < -0.4 is 4.90 Å². The standard InChI is InChI=1S/C12H13NS/c1-10-3-5-11(6-4-10)13(2)12-7-8-14-9-12/h3-9H,1-2H3. The molecule has 0 aliphatic rings. The van der Waals surface area contributed by atoms with Crippen LogP contribution in [0.4, 0.5) is 11.4 Å². The zero-order valence-electron chi connectivity index (χ0n) is 8.40. The molecule has 0 amide bonds. The zero-order chi connectivity index (χ0) is 9.97. The summed E-state index contributed by atoms with van der Waals surface area (Å²) in [5, 5.41) is 4.25. The number of hydrogen-bond donors (Lipinski definition) is 0. The molecule has 0 fully saturated rings. The van der Waals surface area contributed by atoms with Crippen LogP contribution in [0.1, 0.15) is 5.56 Å². The molecule has 0 aliphatic heterocycles. The SMILES string of the molecule is Cc1ccc(N(C)c2ccsc2)cc1. The van der Waals surface area contributed by atoms with Crippen molar-refractivity contribution in [3.05, 3.63) is 46.7 Å². The van der Waals surface area contributed by atoms with Crippen LogP contribution in [0.2, 0.25) is 0 Å². The molecule has 0 saturated carbocycles. The van der Waals surface area contributed by atoms with Crippen molar-refractivity contribution >= 4 is 22.7 Å². The third kappa shape index (κ3) is 1.80. The molecule has 1 aromatic carbocycles. The van der Waals surface area contributed by atoms with Crippen molar-refractivity contribution in [2.75, 3.05) is 11.9 Å². The van der Waals surface area contributed by atoms with Gasteiger partial charge in [0, 0.05) is 18.1 Å². The van der Waals surface area contributed by atoms with Crippen molar-refractivity contribution in [3.8, 4) is 0 Å². The summed E-state index contributed by atoms with van der Waals surface area (Å²) in [6, 6.07) is 10.7. The quantitative estimate of drug-likeness (QED) is 0.717. The van der Waals surface area contributed by atoms with Crippen molar-refractivity contribution in [2.24, 2.45) is 0 Å². The Labute approximate surface area is 88.6 Å². The third-order valence-corrected chi connectivity index (χ3v) is 2.99. The van der Waals surface area contributed by atoms with E-state index in [2.05, 4.69) is 60.0 Å². The molecule has 2 heteroatoms. The normalized spacial score (nSPS) is 10.1. The molecule has 0 spiro atoms. The number of thiophene rings is 1. The van der Waals surface area contributed by atoms with E-state index in [-0.39, 0.29) is 0 Å². The van der Waals surface area contributed by atoms with E-state index in [0.717, 1.165) is 0 Å². The van der Waals surface area contributed by atoms with E-state index in [1.54, 1.807) is 11.3 Å². The van der Waals surface area contributed by atoms with Crippen LogP contribution in [0.25, 0.3) is 0 Å². The van der Waals surface area contributed by atoms with Crippen molar-refractivity contribution in [1.82, 2.24) is 0 Å². The fourth-order valence-corrected chi connectivity index (χ4v) is 2.04. The highest BCUT2D eigenvalue weighted by Gasteiger charge is 2.02. The zero-order valence-corrected chi connectivity index (χ0v) is 9.21. The Hall–Kier alpha value is -1.28. The predicted molar refractivity (Wildman–Crippen MR) is 63.6 cm³/mol. The maximum absolute atomic E-state index is 2.19. The van der Waals surface area contributed by atoms with Crippen LogP contribution in [0, 0.1) is 6.92 Å². The second-order valence-corrected chi connectivity index (χ2v) is 4.16. The Morgan fingerprint density at radius 2 is 1.71 bits per heavy atom. The summed E-state index contributed by atoms with van der Waals surface area (Å²) in [5.41, 5.74) is 3.78. The van der Waals surface area contributed by atoms with Crippen LogP contribution in [0.3, 0.4) is 0 Å². The number of nitrogens with zero attached hydrogens (tertiary/aromatic N) is 1. The van der Waals surface area contributed by atoms with E-state index in [0.29, 0.717) is 0 Å². The Balaban J connectivity index is 2.28. The van der Waals surface area contributed by atoms with Crippen molar-refractivity contribution in [2.45, 2.75) is 6.92 Å². The van der Waals surface area contributed by atoms with Crippen molar-refractivity contribution in [1.29, 1.82) is 0 Å². The van der Waals surface area contributed by atoms with Gasteiger partial charge in [0.05, 0.1) is 5.69 Å². The van der Waals surface area contributed by atoms with E-state index in [4.69, 9.17) is 0 Å². The molecule has 2 aromatic rings. The molecule has 0 bridgehead atoms. The maximum atomic E-state index is 2.19. The first-order valence-corrected chi connectivity index (χ1v) is 5.54. The lowest BCUT2D eigenvalue weighted by Crippen LogP contribution is -2.07. The highest BCUT2D eigenvalue weighted by Crippen LogP contribution is 2.25. The van der Waals surface area contributed by atoms with Gasteiger partial charge in [0.25, 0.3) is 0 Å². The molecule has 14 heavy (non-hydrogen) atoms. The fourth-order valence-electron chi connectivity index (χ4n) is 1.37. The predicted octanol–water partition coefficient (Wildman–Crippen LogP) is 3.82. The topological polar surface area (TPSA) is 3.24 Å². The first-order valence-electron chi connectivity index (χ1n) is 4.60. The Morgan fingerprint density at radius 1 is 1.00 bits per heavy atom. The summed E-state index contributed by atoms with van der Waals surface area (Å²) in [6.07, 6.45) is 0. The van der Waals surface area contributed by atoms with Crippen LogP contribution in [0.15, 0.2) is 41.1 Å². The lowest BCUT2D eigenvalue weighted by atomic mass is 10.2. The van der Waals surface area contributed by atoms with Gasteiger partial charge in [0.1, 0.15) is 0 Å². The average molecular weight is 203 g/mol.